The van der Waals surface area contributed by atoms with Gasteiger partial charge in [-0.2, -0.15) is 0 Å². The number of ether oxygens (including phenoxy) is 1. The molecule has 0 aliphatic carbocycles. The zero-order valence-electron chi connectivity index (χ0n) is 18.1. The molecule has 1 aliphatic rings. The van der Waals surface area contributed by atoms with Gasteiger partial charge in [0.05, 0.1) is 18.7 Å². The normalized spacial score (nSPS) is 15.9. The van der Waals surface area contributed by atoms with Gasteiger partial charge in [0, 0.05) is 31.3 Å². The summed E-state index contributed by atoms with van der Waals surface area (Å²) in [5, 5.41) is 3.03. The lowest BCUT2D eigenvalue weighted by Gasteiger charge is -2.33. The Kier molecular flexibility index (Phi) is 6.94. The van der Waals surface area contributed by atoms with E-state index in [1.54, 1.807) is 25.6 Å². The average molecular weight is 435 g/mol. The molecule has 0 spiro atoms. The van der Waals surface area contributed by atoms with Gasteiger partial charge in [0.25, 0.3) is 0 Å². The zero-order valence-corrected chi connectivity index (χ0v) is 18.1. The molecule has 6 nitrogen and oxygen atoms in total. The molecule has 1 aromatic heterocycles. The van der Waals surface area contributed by atoms with E-state index in [9.17, 15) is 9.18 Å². The molecule has 2 heterocycles. The van der Waals surface area contributed by atoms with Crippen molar-refractivity contribution in [3.05, 3.63) is 72.3 Å². The fraction of sp³-hybridized carbons (Fsp3) is 0.320. The molecular formula is C25H27FN4O2. The molecule has 166 valence electrons. The summed E-state index contributed by atoms with van der Waals surface area (Å²) in [4.78, 5) is 23.7. The van der Waals surface area contributed by atoms with Crippen molar-refractivity contribution in [2.24, 2.45) is 5.92 Å². The number of anilines is 1. The molecule has 7 heteroatoms. The fourth-order valence-corrected chi connectivity index (χ4v) is 3.96. The van der Waals surface area contributed by atoms with Crippen LogP contribution in [0, 0.1) is 11.7 Å². The van der Waals surface area contributed by atoms with Crippen LogP contribution in [0.5, 0.6) is 5.75 Å². The summed E-state index contributed by atoms with van der Waals surface area (Å²) < 4.78 is 18.2. The zero-order chi connectivity index (χ0) is 22.3. The third kappa shape index (κ3) is 5.41. The van der Waals surface area contributed by atoms with Gasteiger partial charge in [0.15, 0.2) is 0 Å². The van der Waals surface area contributed by atoms with Crippen LogP contribution in [-0.4, -0.2) is 42.6 Å². The second-order valence-electron chi connectivity index (χ2n) is 7.94. The highest BCUT2D eigenvalue weighted by molar-refractivity contribution is 5.79. The number of aromatic nitrogens is 2. The monoisotopic (exact) mass is 434 g/mol. The molecule has 4 rings (SSSR count). The molecule has 1 saturated heterocycles. The maximum atomic E-state index is 13.0. The summed E-state index contributed by atoms with van der Waals surface area (Å²) in [5.74, 6) is 1.35. The van der Waals surface area contributed by atoms with Gasteiger partial charge in [-0.1, -0.05) is 12.1 Å². The van der Waals surface area contributed by atoms with Crippen LogP contribution in [0.15, 0.2) is 60.9 Å². The van der Waals surface area contributed by atoms with Crippen LogP contribution in [0.3, 0.4) is 0 Å². The predicted octanol–water partition coefficient (Wildman–Crippen LogP) is 3.87. The van der Waals surface area contributed by atoms with Gasteiger partial charge in [-0.3, -0.25) is 4.79 Å². The lowest BCUT2D eigenvalue weighted by atomic mass is 9.97. The highest BCUT2D eigenvalue weighted by atomic mass is 19.1. The Morgan fingerprint density at radius 2 is 1.94 bits per heavy atom. The van der Waals surface area contributed by atoms with Gasteiger partial charge in [0.2, 0.25) is 5.91 Å². The highest BCUT2D eigenvalue weighted by Crippen LogP contribution is 2.26. The Bertz CT molecular complexity index is 1040. The largest absolute Gasteiger partial charge is 0.497 e. The first kappa shape index (κ1) is 21.7. The number of rotatable bonds is 7. The lowest BCUT2D eigenvalue weighted by Crippen LogP contribution is -2.43. The third-order valence-electron chi connectivity index (χ3n) is 5.78. The van der Waals surface area contributed by atoms with Gasteiger partial charge in [0.1, 0.15) is 23.7 Å². The molecular weight excluding hydrogens is 407 g/mol. The van der Waals surface area contributed by atoms with Crippen LogP contribution in [-0.2, 0) is 11.2 Å². The quantitative estimate of drug-likeness (QED) is 0.612. The van der Waals surface area contributed by atoms with E-state index >= 15 is 0 Å². The fourth-order valence-electron chi connectivity index (χ4n) is 3.96. The van der Waals surface area contributed by atoms with Crippen LogP contribution in [0.4, 0.5) is 10.2 Å². The third-order valence-corrected chi connectivity index (χ3v) is 5.78. The highest BCUT2D eigenvalue weighted by Gasteiger charge is 2.26. The molecule has 1 atom stereocenters. The summed E-state index contributed by atoms with van der Waals surface area (Å²) >= 11 is 0. The Balaban J connectivity index is 1.35. The number of benzene rings is 2. The summed E-state index contributed by atoms with van der Waals surface area (Å²) in [6, 6.07) is 16.1. The first-order valence-electron chi connectivity index (χ1n) is 10.9. The smallest absolute Gasteiger partial charge is 0.224 e. The summed E-state index contributed by atoms with van der Waals surface area (Å²) in [6.07, 6.45) is 4.04. The molecule has 32 heavy (non-hydrogen) atoms. The second-order valence-corrected chi connectivity index (χ2v) is 7.94. The van der Waals surface area contributed by atoms with Crippen LogP contribution in [0.1, 0.15) is 18.4 Å². The molecule has 1 N–H and O–H groups in total. The van der Waals surface area contributed by atoms with Crippen molar-refractivity contribution in [1.82, 2.24) is 15.3 Å². The average Bonchev–Trinajstić information content (AvgIpc) is 2.85. The lowest BCUT2D eigenvalue weighted by molar-refractivity contribution is -0.125. The predicted molar refractivity (Wildman–Crippen MR) is 122 cm³/mol. The molecule has 1 unspecified atom stereocenters. The summed E-state index contributed by atoms with van der Waals surface area (Å²) in [6.45, 7) is 2.02. The molecule has 3 aromatic rings. The maximum absolute atomic E-state index is 13.0. The topological polar surface area (TPSA) is 67.3 Å². The number of hydrogen-bond acceptors (Lipinski definition) is 5. The van der Waals surface area contributed by atoms with Crippen molar-refractivity contribution >= 4 is 11.7 Å². The van der Waals surface area contributed by atoms with Crippen molar-refractivity contribution < 1.29 is 13.9 Å². The van der Waals surface area contributed by atoms with Crippen molar-refractivity contribution in [2.45, 2.75) is 19.3 Å². The van der Waals surface area contributed by atoms with Gasteiger partial charge in [-0.05, 0) is 61.2 Å². The number of amides is 1. The number of piperidine rings is 1. The van der Waals surface area contributed by atoms with E-state index in [0.29, 0.717) is 19.5 Å². The molecule has 0 bridgehead atoms. The molecule has 1 amide bonds. The van der Waals surface area contributed by atoms with E-state index in [2.05, 4.69) is 20.2 Å². The Morgan fingerprint density at radius 3 is 2.69 bits per heavy atom. The van der Waals surface area contributed by atoms with E-state index < -0.39 is 0 Å². The number of nitrogens with zero attached hydrogens (tertiary/aromatic N) is 3. The number of carbonyl (C=O) groups excluding carboxylic acids is 1. The molecule has 0 radical (unpaired) electrons. The minimum Gasteiger partial charge on any atom is -0.497 e. The van der Waals surface area contributed by atoms with Crippen molar-refractivity contribution in [2.75, 3.05) is 31.6 Å². The van der Waals surface area contributed by atoms with Crippen molar-refractivity contribution in [1.29, 1.82) is 0 Å². The first-order chi connectivity index (χ1) is 15.6. The minimum atomic E-state index is -0.250. The van der Waals surface area contributed by atoms with Crippen molar-refractivity contribution in [3.63, 3.8) is 0 Å². The number of halogens is 1. The summed E-state index contributed by atoms with van der Waals surface area (Å²) in [7, 11) is 1.64. The Morgan fingerprint density at radius 1 is 1.16 bits per heavy atom. The Labute approximate surface area is 187 Å². The molecule has 1 aliphatic heterocycles. The number of hydrogen-bond donors (Lipinski definition) is 1. The Hall–Kier alpha value is -3.48. The maximum Gasteiger partial charge on any atom is 0.224 e. The van der Waals surface area contributed by atoms with Crippen LogP contribution in [0.25, 0.3) is 11.3 Å². The van der Waals surface area contributed by atoms with E-state index in [-0.39, 0.29) is 17.6 Å². The van der Waals surface area contributed by atoms with E-state index in [1.807, 2.05) is 30.3 Å². The first-order valence-corrected chi connectivity index (χ1v) is 10.9. The molecule has 1 fully saturated rings. The van der Waals surface area contributed by atoms with Crippen LogP contribution < -0.4 is 15.0 Å². The SMILES string of the molecule is COc1ccc(-c2cc(N3CCCC(C(=O)NCCc4ccc(F)cc4)C3)ncn2)cc1. The number of methoxy groups -OCH3 is 1. The van der Waals surface area contributed by atoms with Crippen LogP contribution in [0.2, 0.25) is 0 Å². The summed E-state index contributed by atoms with van der Waals surface area (Å²) in [5.41, 5.74) is 2.83. The minimum absolute atomic E-state index is 0.0567. The van der Waals surface area contributed by atoms with Gasteiger partial charge in [-0.15, -0.1) is 0 Å². The molecule has 2 aromatic carbocycles. The van der Waals surface area contributed by atoms with Gasteiger partial charge < -0.3 is 15.0 Å². The number of nitrogens with one attached hydrogen (secondary N) is 1. The van der Waals surface area contributed by atoms with Crippen molar-refractivity contribution in [3.8, 4) is 17.0 Å². The standard InChI is InChI=1S/C25H27FN4O2/c1-32-22-10-6-19(7-11-22)23-15-24(29-17-28-23)30-14-2-3-20(16-30)25(31)27-13-12-18-4-8-21(26)9-5-18/h4-11,15,17,20H,2-3,12-14,16H2,1H3,(H,27,31). The van der Waals surface area contributed by atoms with E-state index in [4.69, 9.17) is 4.74 Å². The van der Waals surface area contributed by atoms with Crippen LogP contribution >= 0.6 is 0 Å². The van der Waals surface area contributed by atoms with E-state index in [0.717, 1.165) is 47.8 Å². The second kappa shape index (κ2) is 10.2. The van der Waals surface area contributed by atoms with Gasteiger partial charge in [-0.25, -0.2) is 14.4 Å². The molecule has 0 saturated carbocycles. The van der Waals surface area contributed by atoms with Gasteiger partial charge >= 0.3 is 0 Å². The van der Waals surface area contributed by atoms with E-state index in [1.165, 1.54) is 12.1 Å². The number of carbonyl (C=O) groups is 1.